The first-order chi connectivity index (χ1) is 14.1. The lowest BCUT2D eigenvalue weighted by Gasteiger charge is -2.12. The number of imidazole rings is 1. The van der Waals surface area contributed by atoms with Crippen LogP contribution >= 0.6 is 0 Å². The van der Waals surface area contributed by atoms with Crippen molar-refractivity contribution in [3.8, 4) is 11.4 Å². The fourth-order valence-corrected chi connectivity index (χ4v) is 3.41. The van der Waals surface area contributed by atoms with E-state index in [1.165, 1.54) is 9.13 Å². The predicted octanol–water partition coefficient (Wildman–Crippen LogP) is 2.76. The number of para-hydroxylation sites is 1. The van der Waals surface area contributed by atoms with Crippen molar-refractivity contribution in [2.24, 2.45) is 0 Å². The highest BCUT2D eigenvalue weighted by atomic mass is 16.5. The van der Waals surface area contributed by atoms with E-state index in [2.05, 4.69) is 4.98 Å². The van der Waals surface area contributed by atoms with Crippen molar-refractivity contribution in [3.05, 3.63) is 87.3 Å². The highest BCUT2D eigenvalue weighted by molar-refractivity contribution is 5.72. The zero-order valence-corrected chi connectivity index (χ0v) is 16.4. The Morgan fingerprint density at radius 3 is 2.55 bits per heavy atom. The van der Waals surface area contributed by atoms with E-state index in [9.17, 15) is 9.59 Å². The quantitative estimate of drug-likeness (QED) is 0.508. The van der Waals surface area contributed by atoms with Crippen LogP contribution in [-0.4, -0.2) is 25.3 Å². The third kappa shape index (κ3) is 3.47. The minimum absolute atomic E-state index is 0.283. The molecular weight excluding hydrogens is 368 g/mol. The van der Waals surface area contributed by atoms with Crippen LogP contribution in [0.15, 0.2) is 70.5 Å². The van der Waals surface area contributed by atoms with Crippen molar-refractivity contribution in [3.63, 3.8) is 0 Å². The molecule has 0 radical (unpaired) electrons. The number of aryl methyl sites for hydroxylation is 1. The molecule has 0 saturated heterocycles. The maximum absolute atomic E-state index is 13.0. The van der Waals surface area contributed by atoms with E-state index >= 15 is 0 Å². The van der Waals surface area contributed by atoms with Gasteiger partial charge in [-0.1, -0.05) is 30.3 Å². The van der Waals surface area contributed by atoms with Crippen molar-refractivity contribution in [1.82, 2.24) is 18.7 Å². The minimum Gasteiger partial charge on any atom is -0.492 e. The van der Waals surface area contributed by atoms with E-state index in [4.69, 9.17) is 4.74 Å². The van der Waals surface area contributed by atoms with Crippen LogP contribution in [0.2, 0.25) is 0 Å². The topological polar surface area (TPSA) is 71.0 Å². The van der Waals surface area contributed by atoms with E-state index in [1.807, 2.05) is 61.5 Å². The Labute approximate surface area is 167 Å². The summed E-state index contributed by atoms with van der Waals surface area (Å²) in [5, 5.41) is 0. The molecule has 7 heteroatoms. The summed E-state index contributed by atoms with van der Waals surface area (Å²) in [6.07, 6.45) is 1.59. The molecule has 2 heterocycles. The average Bonchev–Trinajstić information content (AvgIpc) is 3.13. The van der Waals surface area contributed by atoms with E-state index in [1.54, 1.807) is 17.8 Å². The van der Waals surface area contributed by atoms with Gasteiger partial charge >= 0.3 is 5.69 Å². The summed E-state index contributed by atoms with van der Waals surface area (Å²) >= 11 is 0. The monoisotopic (exact) mass is 390 g/mol. The molecule has 0 atom stereocenters. The van der Waals surface area contributed by atoms with Crippen molar-refractivity contribution >= 4 is 11.2 Å². The molecule has 0 amide bonds. The molecule has 0 bridgehead atoms. The Balaban J connectivity index is 1.79. The third-order valence-electron chi connectivity index (χ3n) is 4.82. The van der Waals surface area contributed by atoms with E-state index in [0.29, 0.717) is 30.0 Å². The zero-order valence-electron chi connectivity index (χ0n) is 16.4. The molecule has 0 aliphatic heterocycles. The molecule has 0 unspecified atom stereocenters. The number of nitrogens with zero attached hydrogens (tertiary/aromatic N) is 4. The van der Waals surface area contributed by atoms with E-state index in [0.717, 1.165) is 11.3 Å². The van der Waals surface area contributed by atoms with Crippen LogP contribution in [0, 0.1) is 6.92 Å². The number of rotatable bonds is 6. The fraction of sp³-hybridized carbons (Fsp3) is 0.227. The van der Waals surface area contributed by atoms with Gasteiger partial charge in [-0.3, -0.25) is 9.36 Å². The first-order valence-electron chi connectivity index (χ1n) is 9.55. The SMILES string of the molecule is CCn1c(=O)c2c(ncn2CCOc2ccccc2)n(-c2cccc(C)c2)c1=O. The maximum atomic E-state index is 13.0. The molecule has 0 saturated carbocycles. The van der Waals surface area contributed by atoms with Crippen molar-refractivity contribution in [2.45, 2.75) is 26.9 Å². The normalized spacial score (nSPS) is 11.1. The zero-order chi connectivity index (χ0) is 20.4. The van der Waals surface area contributed by atoms with Crippen LogP contribution in [0.5, 0.6) is 5.75 Å². The van der Waals surface area contributed by atoms with Crippen LogP contribution in [-0.2, 0) is 13.1 Å². The lowest BCUT2D eigenvalue weighted by Crippen LogP contribution is -2.39. The highest BCUT2D eigenvalue weighted by Crippen LogP contribution is 2.15. The largest absolute Gasteiger partial charge is 0.492 e. The van der Waals surface area contributed by atoms with E-state index < -0.39 is 0 Å². The first-order valence-corrected chi connectivity index (χ1v) is 9.55. The molecule has 2 aromatic carbocycles. The maximum Gasteiger partial charge on any atom is 0.337 e. The molecule has 0 fully saturated rings. The molecule has 0 aliphatic carbocycles. The van der Waals surface area contributed by atoms with Gasteiger partial charge < -0.3 is 9.30 Å². The molecular formula is C22H22N4O3. The molecule has 0 N–H and O–H groups in total. The van der Waals surface area contributed by atoms with Gasteiger partial charge in [-0.15, -0.1) is 0 Å². The molecule has 4 rings (SSSR count). The summed E-state index contributed by atoms with van der Waals surface area (Å²) in [5.41, 5.74) is 1.73. The summed E-state index contributed by atoms with van der Waals surface area (Å²) in [6.45, 7) is 4.85. The van der Waals surface area contributed by atoms with Gasteiger partial charge in [-0.2, -0.15) is 0 Å². The molecule has 148 valence electrons. The third-order valence-corrected chi connectivity index (χ3v) is 4.82. The van der Waals surface area contributed by atoms with Crippen molar-refractivity contribution in [2.75, 3.05) is 6.61 Å². The number of aromatic nitrogens is 4. The highest BCUT2D eigenvalue weighted by Gasteiger charge is 2.18. The second-order valence-corrected chi connectivity index (χ2v) is 6.78. The Morgan fingerprint density at radius 2 is 1.83 bits per heavy atom. The molecule has 7 nitrogen and oxygen atoms in total. The van der Waals surface area contributed by atoms with Gasteiger partial charge in [0.05, 0.1) is 18.6 Å². The van der Waals surface area contributed by atoms with Gasteiger partial charge in [0.25, 0.3) is 5.56 Å². The second kappa shape index (κ2) is 7.79. The predicted molar refractivity (Wildman–Crippen MR) is 112 cm³/mol. The van der Waals surface area contributed by atoms with Crippen LogP contribution in [0.25, 0.3) is 16.9 Å². The van der Waals surface area contributed by atoms with Gasteiger partial charge in [0.1, 0.15) is 12.4 Å². The number of fused-ring (bicyclic) bond motifs is 1. The smallest absolute Gasteiger partial charge is 0.337 e. The average molecular weight is 390 g/mol. The Kier molecular flexibility index (Phi) is 5.03. The second-order valence-electron chi connectivity index (χ2n) is 6.78. The van der Waals surface area contributed by atoms with Crippen LogP contribution in [0.3, 0.4) is 0 Å². The molecule has 0 spiro atoms. The standard InChI is InChI=1S/C22H22N4O3/c1-3-25-21(27)19-20(26(22(25)28)17-9-7-8-16(2)14-17)23-15-24(19)12-13-29-18-10-5-4-6-11-18/h4-11,14-15H,3,12-13H2,1-2H3. The summed E-state index contributed by atoms with van der Waals surface area (Å²) < 4.78 is 10.2. The number of hydrogen-bond donors (Lipinski definition) is 0. The van der Waals surface area contributed by atoms with Gasteiger partial charge in [0, 0.05) is 6.54 Å². The van der Waals surface area contributed by atoms with Crippen LogP contribution < -0.4 is 16.0 Å². The number of benzene rings is 2. The number of ether oxygens (including phenoxy) is 1. The van der Waals surface area contributed by atoms with Gasteiger partial charge in [0.2, 0.25) is 0 Å². The summed E-state index contributed by atoms with van der Waals surface area (Å²) in [4.78, 5) is 30.4. The van der Waals surface area contributed by atoms with Gasteiger partial charge in [-0.25, -0.2) is 14.3 Å². The van der Waals surface area contributed by atoms with Gasteiger partial charge in [-0.05, 0) is 43.7 Å². The summed E-state index contributed by atoms with van der Waals surface area (Å²) in [5.74, 6) is 0.763. The van der Waals surface area contributed by atoms with Crippen molar-refractivity contribution in [1.29, 1.82) is 0 Å². The van der Waals surface area contributed by atoms with Crippen LogP contribution in [0.1, 0.15) is 12.5 Å². The first kappa shape index (κ1) is 18.7. The van der Waals surface area contributed by atoms with Crippen LogP contribution in [0.4, 0.5) is 0 Å². The molecule has 29 heavy (non-hydrogen) atoms. The fourth-order valence-electron chi connectivity index (χ4n) is 3.41. The van der Waals surface area contributed by atoms with E-state index in [-0.39, 0.29) is 17.8 Å². The Hall–Kier alpha value is -3.61. The molecule has 4 aromatic rings. The van der Waals surface area contributed by atoms with Crippen molar-refractivity contribution < 1.29 is 4.74 Å². The number of hydrogen-bond acceptors (Lipinski definition) is 4. The van der Waals surface area contributed by atoms with Gasteiger partial charge in [0.15, 0.2) is 11.2 Å². The lowest BCUT2D eigenvalue weighted by atomic mass is 10.2. The Bertz CT molecular complexity index is 1270. The lowest BCUT2D eigenvalue weighted by molar-refractivity contribution is 0.300. The molecule has 2 aromatic heterocycles. The Morgan fingerprint density at radius 1 is 1.03 bits per heavy atom. The minimum atomic E-state index is -0.388. The molecule has 0 aliphatic rings. The summed E-state index contributed by atoms with van der Waals surface area (Å²) in [6, 6.07) is 17.1. The summed E-state index contributed by atoms with van der Waals surface area (Å²) in [7, 11) is 0.